The van der Waals surface area contributed by atoms with Crippen molar-refractivity contribution in [1.82, 2.24) is 0 Å². The largest absolute Gasteiger partial charge is 0.343 e. The molecule has 0 aliphatic heterocycles. The number of halogens is 1. The van der Waals surface area contributed by atoms with Crippen LogP contribution in [0.4, 0.5) is 0 Å². The van der Waals surface area contributed by atoms with Gasteiger partial charge in [0.1, 0.15) is 11.2 Å². The maximum Gasteiger partial charge on any atom is 0.298 e. The Morgan fingerprint density at radius 1 is 1.44 bits per heavy atom. The third kappa shape index (κ3) is 3.88. The number of hydrogen-bond acceptors (Lipinski definition) is 4. The van der Waals surface area contributed by atoms with Crippen LogP contribution >= 0.6 is 19.0 Å². The van der Waals surface area contributed by atoms with Gasteiger partial charge in [-0.2, -0.15) is 8.42 Å². The van der Waals surface area contributed by atoms with Crippen LogP contribution in [0.15, 0.2) is 29.2 Å². The minimum Gasteiger partial charge on any atom is -0.343 e. The molecular formula is C8H10ClO5PS. The van der Waals surface area contributed by atoms with Crippen molar-refractivity contribution >= 4 is 29.1 Å². The van der Waals surface area contributed by atoms with Gasteiger partial charge in [0.2, 0.25) is 7.37 Å². The van der Waals surface area contributed by atoms with E-state index in [1.807, 2.05) is 0 Å². The Kier molecular flexibility index (Phi) is 4.15. The maximum absolute atomic E-state index is 11.6. The third-order valence-corrected chi connectivity index (χ3v) is 4.10. The van der Waals surface area contributed by atoms with Gasteiger partial charge in [-0.25, -0.2) is 0 Å². The fourth-order valence-electron chi connectivity index (χ4n) is 0.878. The molecule has 0 aliphatic carbocycles. The summed E-state index contributed by atoms with van der Waals surface area (Å²) in [7, 11) is -7.63. The Morgan fingerprint density at radius 3 is 2.50 bits per heavy atom. The molecule has 1 N–H and O–H groups in total. The van der Waals surface area contributed by atoms with Gasteiger partial charge in [-0.3, -0.25) is 8.75 Å². The first-order valence-corrected chi connectivity index (χ1v) is 8.23. The molecule has 90 valence electrons. The Labute approximate surface area is 98.6 Å². The van der Waals surface area contributed by atoms with Gasteiger partial charge in [0.05, 0.1) is 5.02 Å². The first kappa shape index (κ1) is 13.7. The number of benzene rings is 1. The van der Waals surface area contributed by atoms with Gasteiger partial charge < -0.3 is 4.89 Å². The first-order chi connectivity index (χ1) is 7.22. The molecule has 0 radical (unpaired) electrons. The van der Waals surface area contributed by atoms with E-state index in [-0.39, 0.29) is 9.92 Å². The van der Waals surface area contributed by atoms with E-state index >= 15 is 0 Å². The van der Waals surface area contributed by atoms with E-state index in [0.29, 0.717) is 0 Å². The van der Waals surface area contributed by atoms with Crippen LogP contribution in [0, 0.1) is 0 Å². The summed E-state index contributed by atoms with van der Waals surface area (Å²) >= 11 is 5.67. The van der Waals surface area contributed by atoms with Gasteiger partial charge >= 0.3 is 0 Å². The summed E-state index contributed by atoms with van der Waals surface area (Å²) in [5.41, 5.74) is 0. The maximum atomic E-state index is 11.6. The molecule has 5 nitrogen and oxygen atoms in total. The Morgan fingerprint density at radius 2 is 2.00 bits per heavy atom. The van der Waals surface area contributed by atoms with E-state index in [0.717, 1.165) is 6.66 Å². The van der Waals surface area contributed by atoms with Crippen LogP contribution in [0.5, 0.6) is 0 Å². The molecule has 0 heterocycles. The second-order valence-electron chi connectivity index (χ2n) is 3.18. The van der Waals surface area contributed by atoms with Crippen LogP contribution in [-0.4, -0.2) is 26.3 Å². The monoisotopic (exact) mass is 284 g/mol. The molecule has 1 unspecified atom stereocenters. The Bertz CT molecular complexity index is 521. The lowest BCUT2D eigenvalue weighted by Crippen LogP contribution is -2.08. The van der Waals surface area contributed by atoms with Crippen molar-refractivity contribution in [2.45, 2.75) is 4.90 Å². The van der Waals surface area contributed by atoms with Crippen molar-refractivity contribution < 1.29 is 22.1 Å². The predicted molar refractivity (Wildman–Crippen MR) is 60.3 cm³/mol. The van der Waals surface area contributed by atoms with Crippen molar-refractivity contribution in [3.63, 3.8) is 0 Å². The lowest BCUT2D eigenvalue weighted by molar-refractivity contribution is 0.348. The van der Waals surface area contributed by atoms with Crippen LogP contribution in [0.2, 0.25) is 5.02 Å². The molecule has 1 atom stereocenters. The lowest BCUT2D eigenvalue weighted by atomic mass is 10.4. The van der Waals surface area contributed by atoms with Crippen molar-refractivity contribution in [3.05, 3.63) is 29.3 Å². The minimum absolute atomic E-state index is 0.00590. The van der Waals surface area contributed by atoms with Crippen molar-refractivity contribution in [3.8, 4) is 0 Å². The number of rotatable bonds is 4. The van der Waals surface area contributed by atoms with Gasteiger partial charge in [-0.05, 0) is 12.1 Å². The fourth-order valence-corrected chi connectivity index (χ4v) is 3.31. The van der Waals surface area contributed by atoms with Gasteiger partial charge in [-0.15, -0.1) is 0 Å². The Hall–Kier alpha value is -0.390. The molecule has 0 bridgehead atoms. The summed E-state index contributed by atoms with van der Waals surface area (Å²) in [6.07, 6.45) is -0.763. The molecule has 0 spiro atoms. The second kappa shape index (κ2) is 4.85. The van der Waals surface area contributed by atoms with Gasteiger partial charge in [0.15, 0.2) is 0 Å². The molecular weight excluding hydrogens is 275 g/mol. The summed E-state index contributed by atoms with van der Waals surface area (Å²) < 4.78 is 38.5. The molecule has 0 amide bonds. The highest BCUT2D eigenvalue weighted by atomic mass is 35.5. The van der Waals surface area contributed by atoms with E-state index in [1.54, 1.807) is 6.07 Å². The minimum atomic E-state index is -4.09. The zero-order chi connectivity index (χ0) is 12.4. The summed E-state index contributed by atoms with van der Waals surface area (Å²) in [5.74, 6) is 0. The molecule has 8 heteroatoms. The SMILES string of the molecule is CP(=O)(O)COS(=O)(=O)c1ccccc1Cl. The number of hydrogen-bond donors (Lipinski definition) is 1. The topological polar surface area (TPSA) is 80.7 Å². The van der Waals surface area contributed by atoms with Crippen LogP contribution in [0.3, 0.4) is 0 Å². The van der Waals surface area contributed by atoms with E-state index in [1.165, 1.54) is 18.2 Å². The quantitative estimate of drug-likeness (QED) is 0.675. The highest BCUT2D eigenvalue weighted by Crippen LogP contribution is 2.36. The standard InChI is InChI=1S/C8H10ClO5PS/c1-15(10,11)6-14-16(12,13)8-5-3-2-4-7(8)9/h2-5H,6H2,1H3,(H,10,11). The van der Waals surface area contributed by atoms with Crippen molar-refractivity contribution in [1.29, 1.82) is 0 Å². The van der Waals surface area contributed by atoms with E-state index in [9.17, 15) is 13.0 Å². The van der Waals surface area contributed by atoms with Gasteiger partial charge in [-0.1, -0.05) is 23.7 Å². The third-order valence-electron chi connectivity index (χ3n) is 1.55. The smallest absolute Gasteiger partial charge is 0.298 e. The predicted octanol–water partition coefficient (Wildman–Crippen LogP) is 1.90. The summed E-state index contributed by atoms with van der Waals surface area (Å²) in [6, 6.07) is 5.70. The van der Waals surface area contributed by atoms with Crippen LogP contribution in [-0.2, 0) is 18.9 Å². The molecule has 1 aromatic carbocycles. The van der Waals surface area contributed by atoms with Gasteiger partial charge in [0.25, 0.3) is 10.1 Å². The summed E-state index contributed by atoms with van der Waals surface area (Å²) in [6.45, 7) is 1.01. The summed E-state index contributed by atoms with van der Waals surface area (Å²) in [5, 5.41) is 0.00590. The highest BCUT2D eigenvalue weighted by molar-refractivity contribution is 7.87. The molecule has 16 heavy (non-hydrogen) atoms. The molecule has 0 saturated heterocycles. The lowest BCUT2D eigenvalue weighted by Gasteiger charge is -2.08. The van der Waals surface area contributed by atoms with Gasteiger partial charge in [0, 0.05) is 6.66 Å². The molecule has 0 saturated carbocycles. The van der Waals surface area contributed by atoms with E-state index < -0.39 is 23.8 Å². The Balaban J connectivity index is 2.96. The molecule has 1 aromatic rings. The van der Waals surface area contributed by atoms with Crippen LogP contribution in [0.25, 0.3) is 0 Å². The average molecular weight is 285 g/mol. The fraction of sp³-hybridized carbons (Fsp3) is 0.250. The first-order valence-electron chi connectivity index (χ1n) is 4.16. The van der Waals surface area contributed by atoms with E-state index in [4.69, 9.17) is 16.5 Å². The zero-order valence-corrected chi connectivity index (χ0v) is 10.8. The van der Waals surface area contributed by atoms with Crippen LogP contribution in [0.1, 0.15) is 0 Å². The molecule has 0 aliphatic rings. The van der Waals surface area contributed by atoms with Crippen LogP contribution < -0.4 is 0 Å². The average Bonchev–Trinajstić information content (AvgIpc) is 2.14. The van der Waals surface area contributed by atoms with E-state index in [2.05, 4.69) is 4.18 Å². The highest BCUT2D eigenvalue weighted by Gasteiger charge is 2.22. The summed E-state index contributed by atoms with van der Waals surface area (Å²) in [4.78, 5) is 8.71. The van der Waals surface area contributed by atoms with Crippen molar-refractivity contribution in [2.75, 3.05) is 13.0 Å². The second-order valence-corrected chi connectivity index (χ2v) is 7.53. The normalized spacial score (nSPS) is 15.7. The molecule has 0 aromatic heterocycles. The molecule has 1 rings (SSSR count). The van der Waals surface area contributed by atoms with Crippen molar-refractivity contribution in [2.24, 2.45) is 0 Å². The zero-order valence-electron chi connectivity index (χ0n) is 8.33. The molecule has 0 fully saturated rings.